The molecule has 4 aromatic carbocycles. The molecule has 0 atom stereocenters. The molecular formula is C44H50Cl2Zr-2. The average Bonchev–Trinajstić information content (AvgIpc) is 3.70. The van der Waals surface area contributed by atoms with E-state index in [1.165, 1.54) is 99.8 Å². The van der Waals surface area contributed by atoms with Gasteiger partial charge in [0.15, 0.2) is 0 Å². The van der Waals surface area contributed by atoms with Gasteiger partial charge in [-0.3, -0.25) is 6.08 Å². The molecule has 0 radical (unpaired) electrons. The standard InChI is InChI=1S/C25H25.C11H17.C8H8.2ClH.Zr/c1-14-12-24(3,4)22-8-16-7-17-9-23-19(15(2)13-25(23,5)6)11-21(17)20(16)10-18(14)22;1-5-9-6-7-10(8-9)11(2,3)4;1-2-8-6-4-3-5-7-8;;;/h8-12H,7H2,1-6H3;6-8H,5H2,1-4H3;3-7H,1H3;2*1H;/q2*-1;;;;+2/p-2. The quantitative estimate of drug-likeness (QED) is 0.210. The maximum absolute atomic E-state index is 3.65. The number of halogens is 2. The molecule has 0 fully saturated rings. The minimum atomic E-state index is 0. The zero-order valence-corrected chi connectivity index (χ0v) is 34.1. The van der Waals surface area contributed by atoms with Crippen molar-refractivity contribution in [1.82, 2.24) is 0 Å². The Hall–Kier alpha value is -2.18. The van der Waals surface area contributed by atoms with Crippen molar-refractivity contribution in [3.05, 3.63) is 135 Å². The number of allylic oxidation sites excluding steroid dienone is 4. The van der Waals surface area contributed by atoms with Gasteiger partial charge in [-0.1, -0.05) is 97.8 Å². The minimum Gasteiger partial charge on any atom is -1.00 e. The van der Waals surface area contributed by atoms with Crippen LogP contribution in [0.5, 0.6) is 0 Å². The van der Waals surface area contributed by atoms with E-state index in [-0.39, 0.29) is 35.6 Å². The van der Waals surface area contributed by atoms with E-state index in [1.54, 1.807) is 0 Å². The average molecular weight is 741 g/mol. The first-order valence-electron chi connectivity index (χ1n) is 16.6. The summed E-state index contributed by atoms with van der Waals surface area (Å²) in [6, 6.07) is 27.0. The summed E-state index contributed by atoms with van der Waals surface area (Å²) in [5.74, 6) is 0. The van der Waals surface area contributed by atoms with Gasteiger partial charge >= 0.3 is 70.3 Å². The molecule has 0 nitrogen and oxygen atoms in total. The van der Waals surface area contributed by atoms with Crippen LogP contribution in [0.1, 0.15) is 126 Å². The maximum atomic E-state index is 3.65. The van der Waals surface area contributed by atoms with Gasteiger partial charge < -0.3 is 24.8 Å². The van der Waals surface area contributed by atoms with Crippen molar-refractivity contribution in [3.63, 3.8) is 0 Å². The van der Waals surface area contributed by atoms with Crippen molar-refractivity contribution in [2.24, 2.45) is 0 Å². The second-order valence-corrected chi connectivity index (χ2v) is 17.2. The first-order chi connectivity index (χ1) is 21.0. The van der Waals surface area contributed by atoms with Crippen molar-refractivity contribution in [2.75, 3.05) is 0 Å². The molecule has 246 valence electrons. The fourth-order valence-electron chi connectivity index (χ4n) is 7.14. The van der Waals surface area contributed by atoms with Crippen LogP contribution in [0, 0.1) is 6.08 Å². The molecule has 4 aromatic rings. The van der Waals surface area contributed by atoms with Crippen LogP contribution in [0.2, 0.25) is 0 Å². The van der Waals surface area contributed by atoms with Crippen LogP contribution in [0.15, 0.2) is 78.9 Å². The molecule has 47 heavy (non-hydrogen) atoms. The number of rotatable bonds is 2. The predicted octanol–water partition coefficient (Wildman–Crippen LogP) is 5.50. The van der Waals surface area contributed by atoms with E-state index in [2.05, 4.69) is 155 Å². The Morgan fingerprint density at radius 3 is 1.89 bits per heavy atom. The normalized spacial score (nSPS) is 15.5. The van der Waals surface area contributed by atoms with Crippen molar-refractivity contribution in [2.45, 2.75) is 105 Å². The van der Waals surface area contributed by atoms with E-state index >= 15 is 0 Å². The summed E-state index contributed by atoms with van der Waals surface area (Å²) in [4.78, 5) is 0. The van der Waals surface area contributed by atoms with Gasteiger partial charge in [0.25, 0.3) is 0 Å². The molecule has 0 aromatic heterocycles. The Bertz CT molecular complexity index is 1740. The van der Waals surface area contributed by atoms with Gasteiger partial charge in [0, 0.05) is 5.41 Å². The van der Waals surface area contributed by atoms with E-state index in [9.17, 15) is 0 Å². The summed E-state index contributed by atoms with van der Waals surface area (Å²) >= 11 is 1.51. The van der Waals surface area contributed by atoms with Crippen LogP contribution < -0.4 is 24.8 Å². The molecular weight excluding hydrogens is 691 g/mol. The largest absolute Gasteiger partial charge is 1.00 e. The van der Waals surface area contributed by atoms with Crippen LogP contribution in [0.4, 0.5) is 0 Å². The molecule has 0 bridgehead atoms. The van der Waals surface area contributed by atoms with Gasteiger partial charge in [-0.15, -0.1) is 11.6 Å². The fraction of sp³-hybridized carbons (Fsp3) is 0.364. The van der Waals surface area contributed by atoms with Crippen LogP contribution in [-0.2, 0) is 53.3 Å². The summed E-state index contributed by atoms with van der Waals surface area (Å²) in [6.07, 6.45) is 8.28. The third-order valence-electron chi connectivity index (χ3n) is 9.73. The summed E-state index contributed by atoms with van der Waals surface area (Å²) in [5.41, 5.74) is 19.1. The molecule has 0 saturated heterocycles. The van der Waals surface area contributed by atoms with Crippen molar-refractivity contribution >= 4 is 14.4 Å². The molecule has 3 aliphatic carbocycles. The van der Waals surface area contributed by atoms with Crippen molar-refractivity contribution in [1.29, 1.82) is 0 Å². The van der Waals surface area contributed by atoms with E-state index < -0.39 is 0 Å². The molecule has 0 unspecified atom stereocenters. The topological polar surface area (TPSA) is 0 Å². The van der Waals surface area contributed by atoms with Crippen LogP contribution in [-0.4, -0.2) is 3.21 Å². The zero-order chi connectivity index (χ0) is 32.9. The van der Waals surface area contributed by atoms with E-state index in [0.29, 0.717) is 5.41 Å². The second kappa shape index (κ2) is 14.7. The number of benzene rings is 3. The smallest absolute Gasteiger partial charge is 1.00 e. The Balaban J connectivity index is 0.000000228. The molecule has 0 heterocycles. The Labute approximate surface area is 312 Å². The van der Waals surface area contributed by atoms with Gasteiger partial charge in [-0.2, -0.15) is 28.8 Å². The van der Waals surface area contributed by atoms with E-state index in [4.69, 9.17) is 0 Å². The van der Waals surface area contributed by atoms with Crippen molar-refractivity contribution < 1.29 is 49.0 Å². The molecule has 3 heteroatoms. The first-order valence-corrected chi connectivity index (χ1v) is 17.8. The molecule has 0 aliphatic heterocycles. The Morgan fingerprint density at radius 1 is 0.830 bits per heavy atom. The number of fused-ring (bicyclic) bond motifs is 5. The van der Waals surface area contributed by atoms with Gasteiger partial charge in [-0.25, -0.2) is 11.6 Å². The molecule has 7 rings (SSSR count). The van der Waals surface area contributed by atoms with Gasteiger partial charge in [0.2, 0.25) is 0 Å². The molecule has 0 amide bonds. The first kappa shape index (κ1) is 39.3. The fourth-order valence-corrected chi connectivity index (χ4v) is 7.55. The molecule has 0 saturated carbocycles. The van der Waals surface area contributed by atoms with Crippen LogP contribution in [0.25, 0.3) is 22.3 Å². The third-order valence-corrected chi connectivity index (χ3v) is 10.4. The minimum absolute atomic E-state index is 0. The molecule has 0 spiro atoms. The van der Waals surface area contributed by atoms with Gasteiger partial charge in [0.05, 0.1) is 0 Å². The second-order valence-electron chi connectivity index (χ2n) is 15.3. The van der Waals surface area contributed by atoms with Crippen molar-refractivity contribution in [3.8, 4) is 11.1 Å². The Morgan fingerprint density at radius 2 is 1.40 bits per heavy atom. The van der Waals surface area contributed by atoms with E-state index in [1.807, 2.05) is 6.07 Å². The van der Waals surface area contributed by atoms with Crippen LogP contribution in [0.3, 0.4) is 0 Å². The number of aryl methyl sites for hydroxylation is 1. The summed E-state index contributed by atoms with van der Waals surface area (Å²) in [5, 5.41) is 0. The maximum Gasteiger partial charge on any atom is -1.00 e. The van der Waals surface area contributed by atoms with Gasteiger partial charge in [-0.05, 0) is 58.4 Å². The number of hydrogen-bond acceptors (Lipinski definition) is 0. The monoisotopic (exact) mass is 738 g/mol. The zero-order valence-electron chi connectivity index (χ0n) is 30.2. The third kappa shape index (κ3) is 8.18. The predicted molar refractivity (Wildman–Crippen MR) is 193 cm³/mol. The van der Waals surface area contributed by atoms with E-state index in [0.717, 1.165) is 12.8 Å². The summed E-state index contributed by atoms with van der Waals surface area (Å²) in [6.45, 7) is 24.8. The summed E-state index contributed by atoms with van der Waals surface area (Å²) in [7, 11) is 0. The van der Waals surface area contributed by atoms with Gasteiger partial charge in [0.1, 0.15) is 0 Å². The molecule has 0 N–H and O–H groups in total. The van der Waals surface area contributed by atoms with Crippen LogP contribution >= 0.6 is 0 Å². The SMILES string of the molecule is CC1=[C-]C(C)(C)c2cc3c(cc21)-c1cc2c(cc1C3)C(C)(C)C=C2C.CCc1cc(C(C)(C)C)c[cH-]1.C[C](=[Zr+2])c1ccccc1.[Cl-].[Cl-]. The Kier molecular flexibility index (Phi) is 12.3. The molecule has 3 aliphatic rings. The number of hydrogen-bond donors (Lipinski definition) is 0. The summed E-state index contributed by atoms with van der Waals surface area (Å²) < 4.78 is 1.46.